The summed E-state index contributed by atoms with van der Waals surface area (Å²) in [5.74, 6) is -0.802. The molecule has 3 aromatic carbocycles. The fourth-order valence-electron chi connectivity index (χ4n) is 4.90. The Labute approximate surface area is 260 Å². The van der Waals surface area contributed by atoms with E-state index < -0.39 is 39.9 Å². The van der Waals surface area contributed by atoms with Gasteiger partial charge in [-0.15, -0.1) is 0 Å². The number of amidine groups is 1. The summed E-state index contributed by atoms with van der Waals surface area (Å²) in [5, 5.41) is 5.91. The topological polar surface area (TPSA) is 148 Å². The van der Waals surface area contributed by atoms with Crippen LogP contribution in [-0.2, 0) is 33.1 Å². The largest absolute Gasteiger partial charge is 0.468 e. The number of hydrogen-bond donors (Lipinski definition) is 3. The molecule has 5 rings (SSSR count). The van der Waals surface area contributed by atoms with Gasteiger partial charge in [0.15, 0.2) is 0 Å². The number of sulfonamides is 1. The average molecular weight is 628 g/mol. The highest BCUT2D eigenvalue weighted by atomic mass is 32.2. The number of esters is 1. The minimum Gasteiger partial charge on any atom is -0.468 e. The summed E-state index contributed by atoms with van der Waals surface area (Å²) in [5.41, 5.74) is 3.73. The van der Waals surface area contributed by atoms with E-state index in [9.17, 15) is 22.8 Å². The molecule has 1 unspecified atom stereocenters. The quantitative estimate of drug-likeness (QED) is 0.229. The molecule has 45 heavy (non-hydrogen) atoms. The minimum atomic E-state index is -4.18. The van der Waals surface area contributed by atoms with Crippen molar-refractivity contribution in [1.29, 1.82) is 0 Å². The van der Waals surface area contributed by atoms with Crippen LogP contribution in [0.5, 0.6) is 0 Å². The van der Waals surface area contributed by atoms with Gasteiger partial charge in [-0.05, 0) is 54.1 Å². The molecule has 11 nitrogen and oxygen atoms in total. The van der Waals surface area contributed by atoms with Crippen LogP contribution in [-0.4, -0.2) is 50.4 Å². The third kappa shape index (κ3) is 7.19. The lowest BCUT2D eigenvalue weighted by molar-refractivity contribution is -0.142. The molecule has 1 aliphatic rings. The van der Waals surface area contributed by atoms with E-state index in [0.29, 0.717) is 17.4 Å². The van der Waals surface area contributed by atoms with Crippen LogP contribution in [0.15, 0.2) is 99.9 Å². The Morgan fingerprint density at radius 2 is 1.73 bits per heavy atom. The number of rotatable bonds is 10. The molecule has 3 N–H and O–H groups in total. The molecule has 232 valence electrons. The zero-order valence-electron chi connectivity index (χ0n) is 25.0. The van der Waals surface area contributed by atoms with Gasteiger partial charge in [-0.1, -0.05) is 54.1 Å². The lowest BCUT2D eigenvalue weighted by Gasteiger charge is -2.18. The van der Waals surface area contributed by atoms with Crippen LogP contribution in [0.1, 0.15) is 27.9 Å². The molecule has 2 heterocycles. The van der Waals surface area contributed by atoms with Crippen molar-refractivity contribution in [1.82, 2.24) is 19.9 Å². The molecule has 0 spiro atoms. The number of hydrogen-bond acceptors (Lipinski definition) is 7. The average Bonchev–Trinajstić information content (AvgIpc) is 3.57. The maximum absolute atomic E-state index is 13.3. The SMILES string of the molecule is COC(=O)C(CNC(=O)c1cn(C)c2cc(CN=C3CC=CN3)ccc2c1=O)NS(=O)(=O)c1ccc(-c2ccc(C)cc2)cc1. The number of aryl methyl sites for hydroxylation is 2. The second-order valence-electron chi connectivity index (χ2n) is 10.6. The molecule has 0 saturated heterocycles. The molecule has 1 atom stereocenters. The van der Waals surface area contributed by atoms with E-state index in [1.807, 2.05) is 49.5 Å². The molecule has 1 aliphatic heterocycles. The third-order valence-electron chi connectivity index (χ3n) is 7.43. The zero-order chi connectivity index (χ0) is 32.1. The molecule has 0 saturated carbocycles. The molecule has 4 aromatic rings. The number of pyridine rings is 1. The number of carbonyl (C=O) groups excluding carboxylic acids is 2. The van der Waals surface area contributed by atoms with E-state index in [0.717, 1.165) is 41.6 Å². The third-order valence-corrected chi connectivity index (χ3v) is 8.92. The number of fused-ring (bicyclic) bond motifs is 1. The van der Waals surface area contributed by atoms with Gasteiger partial charge in [0.05, 0.1) is 24.1 Å². The molecule has 12 heteroatoms. The highest BCUT2D eigenvalue weighted by Crippen LogP contribution is 2.22. The predicted molar refractivity (Wildman–Crippen MR) is 172 cm³/mol. The number of carbonyl (C=O) groups is 2. The number of ether oxygens (including phenoxy) is 1. The lowest BCUT2D eigenvalue weighted by atomic mass is 10.0. The molecule has 0 aliphatic carbocycles. The van der Waals surface area contributed by atoms with E-state index in [1.165, 1.54) is 18.3 Å². The van der Waals surface area contributed by atoms with Gasteiger partial charge in [-0.2, -0.15) is 4.72 Å². The summed E-state index contributed by atoms with van der Waals surface area (Å²) in [6.07, 6.45) is 5.96. The van der Waals surface area contributed by atoms with Gasteiger partial charge in [0.1, 0.15) is 17.4 Å². The number of nitrogens with zero attached hydrogens (tertiary/aromatic N) is 2. The van der Waals surface area contributed by atoms with Crippen molar-refractivity contribution in [3.05, 3.63) is 112 Å². The number of nitrogens with one attached hydrogen (secondary N) is 3. The first-order valence-electron chi connectivity index (χ1n) is 14.2. The first-order chi connectivity index (χ1) is 21.6. The van der Waals surface area contributed by atoms with E-state index in [2.05, 4.69) is 20.3 Å². The van der Waals surface area contributed by atoms with Gasteiger partial charge in [-0.3, -0.25) is 19.4 Å². The Bertz CT molecular complexity index is 1970. The number of aromatic nitrogens is 1. The molecule has 0 fully saturated rings. The van der Waals surface area contributed by atoms with Gasteiger partial charge in [0, 0.05) is 31.6 Å². The maximum atomic E-state index is 13.3. The Kier molecular flexibility index (Phi) is 9.26. The maximum Gasteiger partial charge on any atom is 0.325 e. The van der Waals surface area contributed by atoms with Crippen molar-refractivity contribution in [3.63, 3.8) is 0 Å². The van der Waals surface area contributed by atoms with Crippen molar-refractivity contribution >= 4 is 38.6 Å². The molecular formula is C33H33N5O6S. The Hall–Kier alpha value is -5.07. The van der Waals surface area contributed by atoms with Crippen LogP contribution in [0.3, 0.4) is 0 Å². The summed E-state index contributed by atoms with van der Waals surface area (Å²) in [7, 11) is -1.35. The van der Waals surface area contributed by atoms with E-state index in [4.69, 9.17) is 4.74 Å². The zero-order valence-corrected chi connectivity index (χ0v) is 25.9. The number of amides is 1. The van der Waals surface area contributed by atoms with Gasteiger partial charge < -0.3 is 19.9 Å². The summed E-state index contributed by atoms with van der Waals surface area (Å²) in [6, 6.07) is 17.9. The lowest BCUT2D eigenvalue weighted by Crippen LogP contribution is -2.49. The Morgan fingerprint density at radius 3 is 2.38 bits per heavy atom. The molecule has 1 aromatic heterocycles. The van der Waals surface area contributed by atoms with Gasteiger partial charge in [0.25, 0.3) is 5.91 Å². The first kappa shape index (κ1) is 31.4. The van der Waals surface area contributed by atoms with E-state index in [-0.39, 0.29) is 10.5 Å². The van der Waals surface area contributed by atoms with Crippen LogP contribution >= 0.6 is 0 Å². The van der Waals surface area contributed by atoms with E-state index >= 15 is 0 Å². The van der Waals surface area contributed by atoms with Crippen LogP contribution in [0.2, 0.25) is 0 Å². The van der Waals surface area contributed by atoms with Crippen molar-refractivity contribution in [2.24, 2.45) is 12.0 Å². The van der Waals surface area contributed by atoms with Crippen molar-refractivity contribution in [2.45, 2.75) is 30.8 Å². The van der Waals surface area contributed by atoms with Crippen molar-refractivity contribution < 1.29 is 22.7 Å². The van der Waals surface area contributed by atoms with Gasteiger partial charge in [0.2, 0.25) is 15.5 Å². The second kappa shape index (κ2) is 13.3. The number of methoxy groups -OCH3 is 1. The van der Waals surface area contributed by atoms with Crippen LogP contribution < -0.4 is 20.8 Å². The normalized spacial score (nSPS) is 14.3. The van der Waals surface area contributed by atoms with Gasteiger partial charge >= 0.3 is 5.97 Å². The summed E-state index contributed by atoms with van der Waals surface area (Å²) >= 11 is 0. The summed E-state index contributed by atoms with van der Waals surface area (Å²) in [4.78, 5) is 43.4. The number of aliphatic imine (C=N–C) groups is 1. The van der Waals surface area contributed by atoms with Crippen molar-refractivity contribution in [2.75, 3.05) is 13.7 Å². The molecular weight excluding hydrogens is 594 g/mol. The van der Waals surface area contributed by atoms with Crippen molar-refractivity contribution in [3.8, 4) is 11.1 Å². The summed E-state index contributed by atoms with van der Waals surface area (Å²) in [6.45, 7) is 1.96. The van der Waals surface area contributed by atoms with Crippen LogP contribution in [0, 0.1) is 6.92 Å². The Morgan fingerprint density at radius 1 is 1.04 bits per heavy atom. The van der Waals surface area contributed by atoms with Crippen LogP contribution in [0.25, 0.3) is 22.0 Å². The first-order valence-corrected chi connectivity index (χ1v) is 15.7. The van der Waals surface area contributed by atoms with E-state index in [1.54, 1.807) is 35.9 Å². The van der Waals surface area contributed by atoms with Crippen LogP contribution in [0.4, 0.5) is 0 Å². The summed E-state index contributed by atoms with van der Waals surface area (Å²) < 4.78 is 35.1. The monoisotopic (exact) mass is 627 g/mol. The Balaban J connectivity index is 1.29. The molecule has 0 bridgehead atoms. The number of benzene rings is 3. The molecule has 0 radical (unpaired) electrons. The minimum absolute atomic E-state index is 0.0658. The smallest absolute Gasteiger partial charge is 0.325 e. The fraction of sp³-hybridized carbons (Fsp3) is 0.212. The standard InChI is InChI=1S/C33H33N5O6S/c1-21-6-9-23(10-7-21)24-11-13-25(14-12-24)45(42,43)37-28(33(41)44-3)19-36-32(40)27-20-38(2)29-17-22(8-15-26(29)31(27)39)18-35-30-5-4-16-34-30/h4,6-17,20,28,37H,5,18-19H2,1-3H3,(H,34,35)(H,36,40). The second-order valence-corrected chi connectivity index (χ2v) is 12.4. The van der Waals surface area contributed by atoms with Gasteiger partial charge in [-0.25, -0.2) is 8.42 Å². The highest BCUT2D eigenvalue weighted by molar-refractivity contribution is 7.89. The predicted octanol–water partition coefficient (Wildman–Crippen LogP) is 3.17. The highest BCUT2D eigenvalue weighted by Gasteiger charge is 2.28. The fourth-order valence-corrected chi connectivity index (χ4v) is 6.09. The molecule has 1 amide bonds.